The van der Waals surface area contributed by atoms with E-state index in [4.69, 9.17) is 5.11 Å². The van der Waals surface area contributed by atoms with Crippen LogP contribution >= 0.6 is 0 Å². The molecule has 1 aromatic carbocycles. The Balaban J connectivity index is 2.18. The zero-order valence-electron chi connectivity index (χ0n) is 12.2. The number of aliphatic carboxylic acids is 1. The van der Waals surface area contributed by atoms with Crippen molar-refractivity contribution < 1.29 is 14.7 Å². The summed E-state index contributed by atoms with van der Waals surface area (Å²) in [6, 6.07) is 7.17. The van der Waals surface area contributed by atoms with Crippen molar-refractivity contribution in [1.82, 2.24) is 9.55 Å². The Hall–Kier alpha value is -2.43. The lowest BCUT2D eigenvalue weighted by Crippen LogP contribution is -2.04. The molecule has 110 valence electrons. The molecule has 0 radical (unpaired) electrons. The molecule has 0 bridgehead atoms. The van der Waals surface area contributed by atoms with Crippen LogP contribution in [0, 0.1) is 6.92 Å². The molecular weight excluding hydrogens is 268 g/mol. The average Bonchev–Trinajstić information content (AvgIpc) is 2.86. The third-order valence-electron chi connectivity index (χ3n) is 3.25. The molecule has 5 nitrogen and oxygen atoms in total. The fraction of sp³-hybridized carbons (Fsp3) is 0.312. The summed E-state index contributed by atoms with van der Waals surface area (Å²) >= 11 is 0. The zero-order valence-corrected chi connectivity index (χ0v) is 12.2. The van der Waals surface area contributed by atoms with Crippen molar-refractivity contribution in [3.63, 3.8) is 0 Å². The quantitative estimate of drug-likeness (QED) is 0.829. The van der Waals surface area contributed by atoms with Gasteiger partial charge in [-0.25, -0.2) is 4.98 Å². The first-order valence-corrected chi connectivity index (χ1v) is 6.91. The van der Waals surface area contributed by atoms with Crippen molar-refractivity contribution in [2.75, 3.05) is 0 Å². The number of aromatic nitrogens is 2. The second-order valence-electron chi connectivity index (χ2n) is 4.89. The predicted molar refractivity (Wildman–Crippen MR) is 78.9 cm³/mol. The predicted octanol–water partition coefficient (Wildman–Crippen LogP) is 2.79. The van der Waals surface area contributed by atoms with Gasteiger partial charge in [0.05, 0.1) is 12.1 Å². The number of hydrogen-bond acceptors (Lipinski definition) is 3. The van der Waals surface area contributed by atoms with Gasteiger partial charge in [-0.15, -0.1) is 0 Å². The maximum Gasteiger partial charge on any atom is 0.303 e. The highest BCUT2D eigenvalue weighted by Gasteiger charge is 2.10. The normalized spacial score (nSPS) is 10.6. The van der Waals surface area contributed by atoms with Crippen LogP contribution in [0.2, 0.25) is 0 Å². The number of hydrogen-bond donors (Lipinski definition) is 1. The van der Waals surface area contributed by atoms with Crippen LogP contribution in [-0.2, 0) is 11.2 Å². The molecule has 1 aromatic heterocycles. The molecule has 2 rings (SSSR count). The Kier molecular flexibility index (Phi) is 4.52. The molecule has 0 unspecified atom stereocenters. The van der Waals surface area contributed by atoms with E-state index in [0.29, 0.717) is 5.56 Å². The number of carbonyl (C=O) groups is 2. The average molecular weight is 286 g/mol. The molecule has 0 saturated heterocycles. The molecule has 0 atom stereocenters. The molecule has 2 aromatic rings. The first-order valence-electron chi connectivity index (χ1n) is 6.91. The van der Waals surface area contributed by atoms with Gasteiger partial charge in [0.25, 0.3) is 0 Å². The Labute approximate surface area is 123 Å². The first-order chi connectivity index (χ1) is 10.0. The van der Waals surface area contributed by atoms with Crippen molar-refractivity contribution in [3.8, 4) is 5.69 Å². The molecule has 0 amide bonds. The largest absolute Gasteiger partial charge is 0.481 e. The first kappa shape index (κ1) is 15.0. The monoisotopic (exact) mass is 286 g/mol. The van der Waals surface area contributed by atoms with Crippen LogP contribution in [0.5, 0.6) is 0 Å². The van der Waals surface area contributed by atoms with Crippen LogP contribution in [0.4, 0.5) is 0 Å². The van der Waals surface area contributed by atoms with Gasteiger partial charge in [0.15, 0.2) is 5.78 Å². The maximum absolute atomic E-state index is 11.8. The Morgan fingerprint density at radius 3 is 2.43 bits per heavy atom. The smallest absolute Gasteiger partial charge is 0.303 e. The van der Waals surface area contributed by atoms with Crippen LogP contribution in [0.25, 0.3) is 5.69 Å². The SMILES string of the molecule is CCc1nc(C)cn1-c1ccc(C(=O)CCC(=O)O)cc1. The molecule has 1 N–H and O–H groups in total. The van der Waals surface area contributed by atoms with Gasteiger partial charge < -0.3 is 9.67 Å². The summed E-state index contributed by atoms with van der Waals surface area (Å²) in [6.07, 6.45) is 2.67. The van der Waals surface area contributed by atoms with Crippen molar-refractivity contribution in [2.24, 2.45) is 0 Å². The van der Waals surface area contributed by atoms with E-state index in [1.165, 1.54) is 0 Å². The third-order valence-corrected chi connectivity index (χ3v) is 3.25. The van der Waals surface area contributed by atoms with Crippen molar-refractivity contribution in [1.29, 1.82) is 0 Å². The van der Waals surface area contributed by atoms with Crippen molar-refractivity contribution >= 4 is 11.8 Å². The van der Waals surface area contributed by atoms with E-state index in [9.17, 15) is 9.59 Å². The Morgan fingerprint density at radius 1 is 1.19 bits per heavy atom. The molecule has 0 aliphatic heterocycles. The fourth-order valence-corrected chi connectivity index (χ4v) is 2.19. The minimum absolute atomic E-state index is 0.0269. The second-order valence-corrected chi connectivity index (χ2v) is 4.89. The van der Waals surface area contributed by atoms with E-state index in [1.54, 1.807) is 12.1 Å². The number of Topliss-reactive ketones (excluding diaryl/α,β-unsaturated/α-hetero) is 1. The molecule has 0 fully saturated rings. The molecule has 5 heteroatoms. The second kappa shape index (κ2) is 6.35. The van der Waals surface area contributed by atoms with Crippen molar-refractivity contribution in [2.45, 2.75) is 33.1 Å². The fourth-order valence-electron chi connectivity index (χ4n) is 2.19. The number of benzene rings is 1. The number of nitrogens with zero attached hydrogens (tertiary/aromatic N) is 2. The number of carbonyl (C=O) groups excluding carboxylic acids is 1. The highest BCUT2D eigenvalue weighted by atomic mass is 16.4. The van der Waals surface area contributed by atoms with Crippen LogP contribution in [0.15, 0.2) is 30.5 Å². The molecule has 1 heterocycles. The van der Waals surface area contributed by atoms with E-state index < -0.39 is 5.97 Å². The van der Waals surface area contributed by atoms with E-state index >= 15 is 0 Å². The maximum atomic E-state index is 11.8. The Morgan fingerprint density at radius 2 is 1.86 bits per heavy atom. The van der Waals surface area contributed by atoms with E-state index in [1.807, 2.05) is 36.7 Å². The summed E-state index contributed by atoms with van der Waals surface area (Å²) in [5, 5.41) is 8.60. The highest BCUT2D eigenvalue weighted by Crippen LogP contribution is 2.15. The molecular formula is C16H18N2O3. The van der Waals surface area contributed by atoms with Crippen LogP contribution in [-0.4, -0.2) is 26.4 Å². The molecule has 0 aliphatic rings. The summed E-state index contributed by atoms with van der Waals surface area (Å²) < 4.78 is 2.00. The minimum Gasteiger partial charge on any atom is -0.481 e. The van der Waals surface area contributed by atoms with Crippen LogP contribution < -0.4 is 0 Å². The summed E-state index contributed by atoms with van der Waals surface area (Å²) in [4.78, 5) is 26.8. The highest BCUT2D eigenvalue weighted by molar-refractivity contribution is 5.97. The number of rotatable bonds is 6. The summed E-state index contributed by atoms with van der Waals surface area (Å²) in [6.45, 7) is 3.99. The molecule has 0 spiro atoms. The van der Waals surface area contributed by atoms with Crippen LogP contribution in [0.1, 0.15) is 41.6 Å². The lowest BCUT2D eigenvalue weighted by Gasteiger charge is -2.07. The van der Waals surface area contributed by atoms with E-state index in [0.717, 1.165) is 23.6 Å². The lowest BCUT2D eigenvalue weighted by atomic mass is 10.1. The molecule has 21 heavy (non-hydrogen) atoms. The van der Waals surface area contributed by atoms with Gasteiger partial charge in [-0.05, 0) is 31.2 Å². The van der Waals surface area contributed by atoms with Gasteiger partial charge in [-0.1, -0.05) is 6.92 Å². The van der Waals surface area contributed by atoms with E-state index in [2.05, 4.69) is 4.98 Å². The molecule has 0 aliphatic carbocycles. The number of ketones is 1. The Bertz CT molecular complexity index is 657. The minimum atomic E-state index is -0.957. The van der Waals surface area contributed by atoms with Crippen molar-refractivity contribution in [3.05, 3.63) is 47.5 Å². The third kappa shape index (κ3) is 3.56. The summed E-state index contributed by atoms with van der Waals surface area (Å²) in [7, 11) is 0. The van der Waals surface area contributed by atoms with Gasteiger partial charge in [0.1, 0.15) is 5.82 Å². The number of aryl methyl sites for hydroxylation is 2. The van der Waals surface area contributed by atoms with E-state index in [-0.39, 0.29) is 18.6 Å². The summed E-state index contributed by atoms with van der Waals surface area (Å²) in [5.41, 5.74) is 2.44. The number of imidazole rings is 1. The van der Waals surface area contributed by atoms with Gasteiger partial charge in [0, 0.05) is 30.3 Å². The van der Waals surface area contributed by atoms with Crippen LogP contribution in [0.3, 0.4) is 0 Å². The lowest BCUT2D eigenvalue weighted by molar-refractivity contribution is -0.136. The zero-order chi connectivity index (χ0) is 15.4. The van der Waals surface area contributed by atoms with Gasteiger partial charge in [0.2, 0.25) is 0 Å². The van der Waals surface area contributed by atoms with Gasteiger partial charge >= 0.3 is 5.97 Å². The number of carboxylic acids is 1. The van der Waals surface area contributed by atoms with Gasteiger partial charge in [-0.3, -0.25) is 9.59 Å². The molecule has 0 saturated carbocycles. The topological polar surface area (TPSA) is 72.2 Å². The number of carboxylic acid groups (broad SMARTS) is 1. The standard InChI is InChI=1S/C16H18N2O3/c1-3-15-17-11(2)10-18(15)13-6-4-12(5-7-13)14(19)8-9-16(20)21/h4-7,10H,3,8-9H2,1-2H3,(H,20,21). The van der Waals surface area contributed by atoms with Gasteiger partial charge in [-0.2, -0.15) is 0 Å². The summed E-state index contributed by atoms with van der Waals surface area (Å²) in [5.74, 6) is -0.139.